The fraction of sp³-hybridized carbons (Fsp3) is 0. The van der Waals surface area contributed by atoms with Gasteiger partial charge >= 0.3 is 0 Å². The standard InChI is InChI=1S/C10H6ClNOS/c11-8-4-2-1-3-7(8)10(13)9-5-12-6-14-9/h1-6H. The lowest BCUT2D eigenvalue weighted by molar-refractivity contribution is 0.104. The van der Waals surface area contributed by atoms with Crippen LogP contribution in [0.3, 0.4) is 0 Å². The van der Waals surface area contributed by atoms with E-state index < -0.39 is 0 Å². The first-order valence-corrected chi connectivity index (χ1v) is 5.22. The van der Waals surface area contributed by atoms with Crippen LogP contribution in [0.1, 0.15) is 15.2 Å². The van der Waals surface area contributed by atoms with E-state index >= 15 is 0 Å². The number of aromatic nitrogens is 1. The van der Waals surface area contributed by atoms with E-state index in [1.54, 1.807) is 36.0 Å². The number of halogens is 1. The molecule has 0 spiro atoms. The lowest BCUT2D eigenvalue weighted by atomic mass is 10.1. The molecule has 70 valence electrons. The van der Waals surface area contributed by atoms with Crippen molar-refractivity contribution < 1.29 is 4.79 Å². The molecule has 0 atom stereocenters. The Labute approximate surface area is 90.2 Å². The van der Waals surface area contributed by atoms with Gasteiger partial charge in [0.1, 0.15) is 0 Å². The Morgan fingerprint density at radius 1 is 1.36 bits per heavy atom. The highest BCUT2D eigenvalue weighted by Gasteiger charge is 2.12. The van der Waals surface area contributed by atoms with Crippen LogP contribution < -0.4 is 0 Å². The minimum Gasteiger partial charge on any atom is -0.288 e. The molecule has 0 radical (unpaired) electrons. The summed E-state index contributed by atoms with van der Waals surface area (Å²) >= 11 is 7.21. The van der Waals surface area contributed by atoms with Gasteiger partial charge in [-0.1, -0.05) is 23.7 Å². The monoisotopic (exact) mass is 223 g/mol. The van der Waals surface area contributed by atoms with Crippen molar-refractivity contribution >= 4 is 28.7 Å². The molecule has 0 unspecified atom stereocenters. The molecule has 0 aliphatic carbocycles. The second kappa shape index (κ2) is 3.90. The van der Waals surface area contributed by atoms with Crippen molar-refractivity contribution in [3.63, 3.8) is 0 Å². The van der Waals surface area contributed by atoms with Gasteiger partial charge in [0.25, 0.3) is 0 Å². The molecule has 0 aliphatic heterocycles. The molecule has 4 heteroatoms. The topological polar surface area (TPSA) is 30.0 Å². The Kier molecular flexibility index (Phi) is 2.61. The molecule has 0 saturated heterocycles. The number of thiazole rings is 1. The summed E-state index contributed by atoms with van der Waals surface area (Å²) in [5, 5.41) is 0.478. The van der Waals surface area contributed by atoms with Crippen molar-refractivity contribution in [2.45, 2.75) is 0 Å². The fourth-order valence-corrected chi connectivity index (χ4v) is 1.90. The van der Waals surface area contributed by atoms with Crippen LogP contribution in [-0.4, -0.2) is 10.8 Å². The first kappa shape index (κ1) is 9.37. The number of rotatable bonds is 2. The molecule has 14 heavy (non-hydrogen) atoms. The van der Waals surface area contributed by atoms with Crippen LogP contribution in [0.5, 0.6) is 0 Å². The second-order valence-electron chi connectivity index (χ2n) is 2.67. The zero-order valence-electron chi connectivity index (χ0n) is 7.11. The molecule has 1 heterocycles. The van der Waals surface area contributed by atoms with Crippen molar-refractivity contribution in [2.75, 3.05) is 0 Å². The molecule has 0 bridgehead atoms. The molecule has 0 aliphatic rings. The number of carbonyl (C=O) groups is 1. The molecule has 0 fully saturated rings. The molecule has 0 amide bonds. The summed E-state index contributed by atoms with van der Waals surface area (Å²) < 4.78 is 0. The highest BCUT2D eigenvalue weighted by Crippen LogP contribution is 2.20. The molecular formula is C10H6ClNOS. The quantitative estimate of drug-likeness (QED) is 0.733. The van der Waals surface area contributed by atoms with E-state index in [0.29, 0.717) is 15.5 Å². The smallest absolute Gasteiger partial charge is 0.206 e. The minimum atomic E-state index is -0.0712. The van der Waals surface area contributed by atoms with E-state index in [-0.39, 0.29) is 5.78 Å². The van der Waals surface area contributed by atoms with Gasteiger partial charge in [-0.25, -0.2) is 0 Å². The van der Waals surface area contributed by atoms with Crippen molar-refractivity contribution in [1.82, 2.24) is 4.98 Å². The average Bonchev–Trinajstić information content (AvgIpc) is 2.70. The number of benzene rings is 1. The van der Waals surface area contributed by atoms with Gasteiger partial charge < -0.3 is 0 Å². The van der Waals surface area contributed by atoms with Crippen molar-refractivity contribution in [1.29, 1.82) is 0 Å². The summed E-state index contributed by atoms with van der Waals surface area (Å²) in [5.74, 6) is -0.0712. The third-order valence-electron chi connectivity index (χ3n) is 1.77. The maximum atomic E-state index is 11.8. The normalized spacial score (nSPS) is 10.1. The van der Waals surface area contributed by atoms with Gasteiger partial charge in [-0.15, -0.1) is 11.3 Å². The zero-order chi connectivity index (χ0) is 9.97. The first-order chi connectivity index (χ1) is 6.79. The SMILES string of the molecule is O=C(c1cncs1)c1ccccc1Cl. The van der Waals surface area contributed by atoms with E-state index in [1.165, 1.54) is 11.3 Å². The van der Waals surface area contributed by atoms with Crippen molar-refractivity contribution in [3.05, 3.63) is 51.4 Å². The molecule has 0 N–H and O–H groups in total. The Balaban J connectivity index is 2.42. The van der Waals surface area contributed by atoms with Gasteiger partial charge in [0.05, 0.1) is 15.4 Å². The summed E-state index contributed by atoms with van der Waals surface area (Å²) in [6.07, 6.45) is 1.55. The predicted octanol–water partition coefficient (Wildman–Crippen LogP) is 3.03. The van der Waals surface area contributed by atoms with Gasteiger partial charge in [-0.3, -0.25) is 9.78 Å². The van der Waals surface area contributed by atoms with Crippen LogP contribution in [0.25, 0.3) is 0 Å². The van der Waals surface area contributed by atoms with E-state index in [4.69, 9.17) is 11.6 Å². The molecule has 1 aromatic carbocycles. The summed E-state index contributed by atoms with van der Waals surface area (Å²) in [6, 6.07) is 7.01. The number of carbonyl (C=O) groups excluding carboxylic acids is 1. The maximum absolute atomic E-state index is 11.8. The molecule has 0 saturated carbocycles. The van der Waals surface area contributed by atoms with Crippen LogP contribution in [0.4, 0.5) is 0 Å². The van der Waals surface area contributed by atoms with Gasteiger partial charge in [-0.05, 0) is 12.1 Å². The number of hydrogen-bond donors (Lipinski definition) is 0. The Morgan fingerprint density at radius 2 is 2.14 bits per heavy atom. The number of ketones is 1. The van der Waals surface area contributed by atoms with Gasteiger partial charge in [0.15, 0.2) is 0 Å². The summed E-state index contributed by atoms with van der Waals surface area (Å²) in [6.45, 7) is 0. The molecule has 2 aromatic rings. The van der Waals surface area contributed by atoms with Gasteiger partial charge in [-0.2, -0.15) is 0 Å². The predicted molar refractivity (Wildman–Crippen MR) is 57.0 cm³/mol. The average molecular weight is 224 g/mol. The molecular weight excluding hydrogens is 218 g/mol. The molecule has 2 rings (SSSR count). The van der Waals surface area contributed by atoms with E-state index in [0.717, 1.165) is 0 Å². The fourth-order valence-electron chi connectivity index (χ4n) is 1.11. The number of nitrogens with zero attached hydrogens (tertiary/aromatic N) is 1. The lowest BCUT2D eigenvalue weighted by Crippen LogP contribution is -1.98. The first-order valence-electron chi connectivity index (χ1n) is 3.97. The van der Waals surface area contributed by atoms with E-state index in [2.05, 4.69) is 4.98 Å². The van der Waals surface area contributed by atoms with E-state index in [1.807, 2.05) is 0 Å². The number of hydrogen-bond acceptors (Lipinski definition) is 3. The van der Waals surface area contributed by atoms with E-state index in [9.17, 15) is 4.79 Å². The van der Waals surface area contributed by atoms with Crippen LogP contribution >= 0.6 is 22.9 Å². The maximum Gasteiger partial charge on any atom is 0.206 e. The Bertz CT molecular complexity index is 453. The van der Waals surface area contributed by atoms with Gasteiger partial charge in [0, 0.05) is 11.8 Å². The van der Waals surface area contributed by atoms with Crippen LogP contribution in [0.15, 0.2) is 36.0 Å². The minimum absolute atomic E-state index is 0.0712. The Morgan fingerprint density at radius 3 is 2.79 bits per heavy atom. The van der Waals surface area contributed by atoms with Gasteiger partial charge in [0.2, 0.25) is 5.78 Å². The summed E-state index contributed by atoms with van der Waals surface area (Å²) in [4.78, 5) is 16.3. The molecule has 2 nitrogen and oxygen atoms in total. The summed E-state index contributed by atoms with van der Waals surface area (Å²) in [5.41, 5.74) is 2.16. The van der Waals surface area contributed by atoms with Crippen LogP contribution in [-0.2, 0) is 0 Å². The Hall–Kier alpha value is -1.19. The van der Waals surface area contributed by atoms with Crippen LogP contribution in [0, 0.1) is 0 Å². The summed E-state index contributed by atoms with van der Waals surface area (Å²) in [7, 11) is 0. The highest BCUT2D eigenvalue weighted by atomic mass is 35.5. The second-order valence-corrected chi connectivity index (χ2v) is 3.97. The zero-order valence-corrected chi connectivity index (χ0v) is 8.68. The van der Waals surface area contributed by atoms with Crippen molar-refractivity contribution in [2.24, 2.45) is 0 Å². The highest BCUT2D eigenvalue weighted by molar-refractivity contribution is 7.11. The largest absolute Gasteiger partial charge is 0.288 e. The van der Waals surface area contributed by atoms with Crippen LogP contribution in [0.2, 0.25) is 5.02 Å². The third-order valence-corrected chi connectivity index (χ3v) is 2.88. The lowest BCUT2D eigenvalue weighted by Gasteiger charge is -1.99. The third kappa shape index (κ3) is 1.69. The molecule has 1 aromatic heterocycles. The van der Waals surface area contributed by atoms with Crippen molar-refractivity contribution in [3.8, 4) is 0 Å².